The molecule has 0 radical (unpaired) electrons. The molecule has 1 N–H and O–H groups in total. The van der Waals surface area contributed by atoms with Crippen molar-refractivity contribution in [2.75, 3.05) is 11.5 Å². The van der Waals surface area contributed by atoms with E-state index in [4.69, 9.17) is 5.10 Å². The van der Waals surface area contributed by atoms with Crippen LogP contribution in [0.5, 0.6) is 0 Å². The number of fused-ring (bicyclic) bond motifs is 1. The maximum absolute atomic E-state index is 13.6. The lowest BCUT2D eigenvalue weighted by Gasteiger charge is -2.23. The van der Waals surface area contributed by atoms with Crippen LogP contribution >= 0.6 is 0 Å². The van der Waals surface area contributed by atoms with E-state index in [1.165, 1.54) is 12.1 Å². The Balaban J connectivity index is 1.61. The number of carbonyl (C=O) groups is 1. The van der Waals surface area contributed by atoms with Crippen LogP contribution in [0.3, 0.4) is 0 Å². The monoisotopic (exact) mass is 477 g/mol. The fraction of sp³-hybridized carbons (Fsp3) is 0.231. The second-order valence-corrected chi connectivity index (χ2v) is 11.4. The SMILES string of the molecule is Cc1cccc(-c2nn(-c3ccc(F)cc3)c3cc(C(=O)N[C@]4(C)CCS(=O)(=O)C4)ccc23)c1. The molecule has 5 rings (SSSR count). The van der Waals surface area contributed by atoms with Gasteiger partial charge in [0.05, 0.1) is 28.2 Å². The van der Waals surface area contributed by atoms with Crippen LogP contribution in [0.1, 0.15) is 29.3 Å². The number of carbonyl (C=O) groups excluding carboxylic acids is 1. The van der Waals surface area contributed by atoms with Gasteiger partial charge in [-0.2, -0.15) is 5.10 Å². The topological polar surface area (TPSA) is 81.1 Å². The zero-order valence-corrected chi connectivity index (χ0v) is 19.7. The Morgan fingerprint density at radius 3 is 2.53 bits per heavy atom. The third-order valence-electron chi connectivity index (χ3n) is 6.22. The largest absolute Gasteiger partial charge is 0.346 e. The molecule has 0 aliphatic carbocycles. The number of benzene rings is 3. The van der Waals surface area contributed by atoms with Gasteiger partial charge in [-0.15, -0.1) is 0 Å². The van der Waals surface area contributed by atoms with E-state index >= 15 is 0 Å². The average Bonchev–Trinajstić information content (AvgIpc) is 3.30. The summed E-state index contributed by atoms with van der Waals surface area (Å²) in [5.41, 5.74) is 3.75. The van der Waals surface area contributed by atoms with Crippen molar-refractivity contribution in [1.29, 1.82) is 0 Å². The molecule has 4 aromatic rings. The number of nitrogens with one attached hydrogen (secondary N) is 1. The van der Waals surface area contributed by atoms with Crippen LogP contribution in [0.25, 0.3) is 27.8 Å². The van der Waals surface area contributed by atoms with Gasteiger partial charge in [0, 0.05) is 16.5 Å². The molecule has 6 nitrogen and oxygen atoms in total. The molecule has 1 amide bonds. The molecule has 1 atom stereocenters. The van der Waals surface area contributed by atoms with Crippen LogP contribution in [0.2, 0.25) is 0 Å². The van der Waals surface area contributed by atoms with Gasteiger partial charge in [0.25, 0.3) is 5.91 Å². The van der Waals surface area contributed by atoms with Crippen molar-refractivity contribution in [2.24, 2.45) is 0 Å². The Hall–Kier alpha value is -3.52. The smallest absolute Gasteiger partial charge is 0.251 e. The maximum Gasteiger partial charge on any atom is 0.251 e. The highest BCUT2D eigenvalue weighted by Gasteiger charge is 2.39. The van der Waals surface area contributed by atoms with Crippen LogP contribution in [0, 0.1) is 12.7 Å². The Kier molecular flexibility index (Phi) is 5.28. The summed E-state index contributed by atoms with van der Waals surface area (Å²) in [7, 11) is -3.15. The molecule has 174 valence electrons. The number of hydrogen-bond acceptors (Lipinski definition) is 4. The van der Waals surface area contributed by atoms with E-state index in [0.29, 0.717) is 23.2 Å². The lowest BCUT2D eigenvalue weighted by molar-refractivity contribution is 0.0915. The number of rotatable bonds is 4. The predicted molar refractivity (Wildman–Crippen MR) is 130 cm³/mol. The Labute approximate surface area is 197 Å². The van der Waals surface area contributed by atoms with Crippen LogP contribution in [-0.2, 0) is 9.84 Å². The lowest BCUT2D eigenvalue weighted by Crippen LogP contribution is -2.46. The molecule has 1 aliphatic rings. The van der Waals surface area contributed by atoms with E-state index in [2.05, 4.69) is 5.32 Å². The van der Waals surface area contributed by atoms with E-state index < -0.39 is 15.4 Å². The highest BCUT2D eigenvalue weighted by Crippen LogP contribution is 2.31. The van der Waals surface area contributed by atoms with Crippen LogP contribution in [0.15, 0.2) is 66.7 Å². The number of sulfone groups is 1. The van der Waals surface area contributed by atoms with Gasteiger partial charge >= 0.3 is 0 Å². The minimum absolute atomic E-state index is 0.0694. The molecule has 1 saturated heterocycles. The zero-order valence-electron chi connectivity index (χ0n) is 18.9. The van der Waals surface area contributed by atoms with E-state index in [0.717, 1.165) is 22.2 Å². The number of aryl methyl sites for hydroxylation is 1. The van der Waals surface area contributed by atoms with Crippen molar-refractivity contribution in [1.82, 2.24) is 15.1 Å². The summed E-state index contributed by atoms with van der Waals surface area (Å²) < 4.78 is 39.1. The molecular formula is C26H24FN3O3S. The molecule has 0 saturated carbocycles. The van der Waals surface area contributed by atoms with E-state index in [-0.39, 0.29) is 23.2 Å². The van der Waals surface area contributed by atoms with Crippen molar-refractivity contribution < 1.29 is 17.6 Å². The molecule has 8 heteroatoms. The first-order valence-electron chi connectivity index (χ1n) is 11.0. The predicted octanol–water partition coefficient (Wildman–Crippen LogP) is 4.45. The van der Waals surface area contributed by atoms with Gasteiger partial charge in [0.15, 0.2) is 9.84 Å². The van der Waals surface area contributed by atoms with Crippen molar-refractivity contribution in [2.45, 2.75) is 25.8 Å². The average molecular weight is 478 g/mol. The Morgan fingerprint density at radius 1 is 1.09 bits per heavy atom. The first-order chi connectivity index (χ1) is 16.1. The van der Waals surface area contributed by atoms with E-state index in [9.17, 15) is 17.6 Å². The fourth-order valence-electron chi connectivity index (χ4n) is 4.50. The third-order valence-corrected chi connectivity index (χ3v) is 8.13. The minimum atomic E-state index is -3.15. The number of aromatic nitrogens is 2. The molecular weight excluding hydrogens is 453 g/mol. The third kappa shape index (κ3) is 4.21. The van der Waals surface area contributed by atoms with Gasteiger partial charge in [0.1, 0.15) is 11.5 Å². The van der Waals surface area contributed by atoms with E-state index in [1.54, 1.807) is 35.9 Å². The molecule has 2 heterocycles. The summed E-state index contributed by atoms with van der Waals surface area (Å²) >= 11 is 0. The Bertz CT molecular complexity index is 1530. The van der Waals surface area contributed by atoms with Gasteiger partial charge in [-0.1, -0.05) is 23.8 Å². The zero-order chi connectivity index (χ0) is 24.1. The molecule has 1 fully saturated rings. The van der Waals surface area contributed by atoms with Gasteiger partial charge in [0.2, 0.25) is 0 Å². The van der Waals surface area contributed by atoms with Crippen LogP contribution in [-0.4, -0.2) is 41.2 Å². The van der Waals surface area contributed by atoms with Crippen molar-refractivity contribution in [3.05, 3.63) is 83.7 Å². The maximum atomic E-state index is 13.6. The number of amides is 1. The molecule has 1 aliphatic heterocycles. The number of halogens is 1. The van der Waals surface area contributed by atoms with Gasteiger partial charge in [-0.05, 0) is 68.8 Å². The molecule has 1 aromatic heterocycles. The number of hydrogen-bond donors (Lipinski definition) is 1. The van der Waals surface area contributed by atoms with E-state index in [1.807, 2.05) is 37.3 Å². The van der Waals surface area contributed by atoms with Gasteiger partial charge < -0.3 is 5.32 Å². The molecule has 3 aromatic carbocycles. The summed E-state index contributed by atoms with van der Waals surface area (Å²) in [6.07, 6.45) is 0.383. The standard InChI is InChI=1S/C26H24FN3O3S/c1-17-4-3-5-18(14-17)24-22-11-6-19(25(31)28-26(2)12-13-34(32,33)16-26)15-23(22)30(29-24)21-9-7-20(27)8-10-21/h3-11,14-15H,12-13,16H2,1-2H3,(H,28,31)/t26-/m1/s1. The van der Waals surface area contributed by atoms with Crippen LogP contribution < -0.4 is 5.32 Å². The summed E-state index contributed by atoms with van der Waals surface area (Å²) in [6, 6.07) is 19.3. The molecule has 0 spiro atoms. The van der Waals surface area contributed by atoms with Crippen molar-refractivity contribution in [3.63, 3.8) is 0 Å². The second-order valence-electron chi connectivity index (χ2n) is 9.20. The first-order valence-corrected chi connectivity index (χ1v) is 12.8. The summed E-state index contributed by atoms with van der Waals surface area (Å²) in [4.78, 5) is 13.1. The fourth-order valence-corrected chi connectivity index (χ4v) is 6.59. The van der Waals surface area contributed by atoms with Gasteiger partial charge in [-0.25, -0.2) is 17.5 Å². The van der Waals surface area contributed by atoms with Crippen molar-refractivity contribution in [3.8, 4) is 16.9 Å². The minimum Gasteiger partial charge on any atom is -0.346 e. The first kappa shape index (κ1) is 22.3. The number of nitrogens with zero attached hydrogens (tertiary/aromatic N) is 2. The molecule has 0 bridgehead atoms. The highest BCUT2D eigenvalue weighted by atomic mass is 32.2. The van der Waals surface area contributed by atoms with Crippen molar-refractivity contribution >= 4 is 26.6 Å². The van der Waals surface area contributed by atoms with Gasteiger partial charge in [-0.3, -0.25) is 4.79 Å². The summed E-state index contributed by atoms with van der Waals surface area (Å²) in [5.74, 6) is -0.691. The lowest BCUT2D eigenvalue weighted by atomic mass is 10.0. The molecule has 34 heavy (non-hydrogen) atoms. The highest BCUT2D eigenvalue weighted by molar-refractivity contribution is 7.91. The normalized spacial score (nSPS) is 19.4. The second kappa shape index (κ2) is 8.06. The quantitative estimate of drug-likeness (QED) is 0.471. The summed E-state index contributed by atoms with van der Waals surface area (Å²) in [5, 5.41) is 8.58. The molecule has 0 unspecified atom stereocenters. The van der Waals surface area contributed by atoms with Crippen LogP contribution in [0.4, 0.5) is 4.39 Å². The Morgan fingerprint density at radius 2 is 1.85 bits per heavy atom. The summed E-state index contributed by atoms with van der Waals surface area (Å²) in [6.45, 7) is 3.77.